The lowest BCUT2D eigenvalue weighted by Gasteiger charge is -2.09. The molecule has 0 saturated carbocycles. The molecular formula is C21H19NO. The summed E-state index contributed by atoms with van der Waals surface area (Å²) in [5.74, 6) is 0.0461. The van der Waals surface area contributed by atoms with Gasteiger partial charge in [0, 0.05) is 23.4 Å². The van der Waals surface area contributed by atoms with Crippen LogP contribution in [-0.4, -0.2) is 5.78 Å². The zero-order chi connectivity index (χ0) is 16.1. The monoisotopic (exact) mass is 301 g/mol. The van der Waals surface area contributed by atoms with E-state index in [0.29, 0.717) is 11.1 Å². The van der Waals surface area contributed by atoms with E-state index in [-0.39, 0.29) is 5.78 Å². The molecule has 3 aromatic rings. The summed E-state index contributed by atoms with van der Waals surface area (Å²) in [5.41, 5.74) is 4.84. The van der Waals surface area contributed by atoms with Crippen molar-refractivity contribution in [2.75, 3.05) is 5.32 Å². The Balaban J connectivity index is 1.74. The van der Waals surface area contributed by atoms with E-state index < -0.39 is 0 Å². The van der Waals surface area contributed by atoms with Gasteiger partial charge in [-0.15, -0.1) is 0 Å². The fraction of sp³-hybridized carbons (Fsp3) is 0.0952. The van der Waals surface area contributed by atoms with Crippen LogP contribution in [0.1, 0.15) is 27.0 Å². The summed E-state index contributed by atoms with van der Waals surface area (Å²) in [4.78, 5) is 12.5. The Kier molecular flexibility index (Phi) is 4.53. The second-order valence-electron chi connectivity index (χ2n) is 5.62. The van der Waals surface area contributed by atoms with Crippen LogP contribution in [-0.2, 0) is 6.54 Å². The predicted octanol–water partition coefficient (Wildman–Crippen LogP) is 4.84. The Labute approximate surface area is 136 Å². The molecule has 3 aromatic carbocycles. The fourth-order valence-corrected chi connectivity index (χ4v) is 2.55. The van der Waals surface area contributed by atoms with Gasteiger partial charge in [0.15, 0.2) is 5.78 Å². The number of hydrogen-bond donors (Lipinski definition) is 1. The highest BCUT2D eigenvalue weighted by Crippen LogP contribution is 2.16. The zero-order valence-electron chi connectivity index (χ0n) is 13.1. The van der Waals surface area contributed by atoms with E-state index in [1.165, 1.54) is 11.1 Å². The van der Waals surface area contributed by atoms with Crippen LogP contribution < -0.4 is 5.32 Å². The average molecular weight is 301 g/mol. The van der Waals surface area contributed by atoms with E-state index in [0.717, 1.165) is 12.2 Å². The first-order chi connectivity index (χ1) is 11.2. The van der Waals surface area contributed by atoms with Crippen molar-refractivity contribution in [2.24, 2.45) is 0 Å². The van der Waals surface area contributed by atoms with Gasteiger partial charge in [-0.25, -0.2) is 0 Å². The molecule has 0 heterocycles. The molecule has 0 aliphatic heterocycles. The van der Waals surface area contributed by atoms with E-state index in [4.69, 9.17) is 0 Å². The Bertz CT molecular complexity index is 809. The van der Waals surface area contributed by atoms with Gasteiger partial charge in [0.05, 0.1) is 0 Å². The zero-order valence-corrected chi connectivity index (χ0v) is 13.1. The minimum Gasteiger partial charge on any atom is -0.381 e. The molecule has 0 aliphatic carbocycles. The van der Waals surface area contributed by atoms with Crippen LogP contribution in [0.15, 0.2) is 78.9 Å². The normalized spacial score (nSPS) is 10.3. The highest BCUT2D eigenvalue weighted by molar-refractivity contribution is 6.09. The topological polar surface area (TPSA) is 29.1 Å². The molecule has 1 N–H and O–H groups in total. The van der Waals surface area contributed by atoms with E-state index in [2.05, 4.69) is 36.5 Å². The molecule has 0 unspecified atom stereocenters. The van der Waals surface area contributed by atoms with Gasteiger partial charge in [-0.05, 0) is 24.6 Å². The van der Waals surface area contributed by atoms with Crippen molar-refractivity contribution in [1.82, 2.24) is 0 Å². The molecule has 2 heteroatoms. The third kappa shape index (κ3) is 3.86. The van der Waals surface area contributed by atoms with Crippen molar-refractivity contribution in [1.29, 1.82) is 0 Å². The van der Waals surface area contributed by atoms with Crippen LogP contribution in [0, 0.1) is 6.92 Å². The van der Waals surface area contributed by atoms with Gasteiger partial charge >= 0.3 is 0 Å². The van der Waals surface area contributed by atoms with Crippen LogP contribution in [0.25, 0.3) is 0 Å². The smallest absolute Gasteiger partial charge is 0.193 e. The van der Waals surface area contributed by atoms with Crippen molar-refractivity contribution in [3.8, 4) is 0 Å². The summed E-state index contributed by atoms with van der Waals surface area (Å²) in [6, 6.07) is 25.4. The summed E-state index contributed by atoms with van der Waals surface area (Å²) in [5, 5.41) is 3.38. The molecule has 0 saturated heterocycles. The van der Waals surface area contributed by atoms with Gasteiger partial charge in [-0.1, -0.05) is 72.3 Å². The van der Waals surface area contributed by atoms with Crippen LogP contribution in [0.5, 0.6) is 0 Å². The second kappa shape index (κ2) is 6.93. The molecule has 2 nitrogen and oxygen atoms in total. The molecule has 0 spiro atoms. The van der Waals surface area contributed by atoms with Crippen molar-refractivity contribution < 1.29 is 4.79 Å². The Morgan fingerprint density at radius 2 is 1.57 bits per heavy atom. The number of nitrogens with one attached hydrogen (secondary N) is 1. The third-order valence-corrected chi connectivity index (χ3v) is 3.74. The standard InChI is InChI=1S/C21H19NO/c1-16-7-5-8-17(13-16)15-22-20-12-6-11-19(14-20)21(23)18-9-3-2-4-10-18/h2-14,22H,15H2,1H3. The largest absolute Gasteiger partial charge is 0.381 e. The van der Waals surface area contributed by atoms with Gasteiger partial charge in [-0.2, -0.15) is 0 Å². The van der Waals surface area contributed by atoms with Gasteiger partial charge in [0.1, 0.15) is 0 Å². The number of anilines is 1. The first kappa shape index (κ1) is 15.0. The van der Waals surface area contributed by atoms with Crippen LogP contribution >= 0.6 is 0 Å². The van der Waals surface area contributed by atoms with Crippen LogP contribution in [0.2, 0.25) is 0 Å². The third-order valence-electron chi connectivity index (χ3n) is 3.74. The van der Waals surface area contributed by atoms with Gasteiger partial charge < -0.3 is 5.32 Å². The lowest BCUT2D eigenvalue weighted by atomic mass is 10.0. The minimum absolute atomic E-state index is 0.0461. The van der Waals surface area contributed by atoms with E-state index >= 15 is 0 Å². The number of rotatable bonds is 5. The lowest BCUT2D eigenvalue weighted by molar-refractivity contribution is 0.103. The van der Waals surface area contributed by atoms with Gasteiger partial charge in [-0.3, -0.25) is 4.79 Å². The average Bonchev–Trinajstić information content (AvgIpc) is 2.60. The summed E-state index contributed by atoms with van der Waals surface area (Å²) >= 11 is 0. The number of carbonyl (C=O) groups excluding carboxylic acids is 1. The van der Waals surface area contributed by atoms with E-state index in [1.54, 1.807) is 0 Å². The number of benzene rings is 3. The van der Waals surface area contributed by atoms with Gasteiger partial charge in [0.25, 0.3) is 0 Å². The van der Waals surface area contributed by atoms with Crippen molar-refractivity contribution >= 4 is 11.5 Å². The second-order valence-corrected chi connectivity index (χ2v) is 5.62. The quantitative estimate of drug-likeness (QED) is 0.683. The number of ketones is 1. The number of hydrogen-bond acceptors (Lipinski definition) is 2. The molecule has 0 atom stereocenters. The van der Waals surface area contributed by atoms with Crippen molar-refractivity contribution in [2.45, 2.75) is 13.5 Å². The van der Waals surface area contributed by atoms with E-state index in [1.807, 2.05) is 54.6 Å². The van der Waals surface area contributed by atoms with Crippen molar-refractivity contribution in [3.05, 3.63) is 101 Å². The van der Waals surface area contributed by atoms with E-state index in [9.17, 15) is 4.79 Å². The van der Waals surface area contributed by atoms with Gasteiger partial charge in [0.2, 0.25) is 0 Å². The molecule has 23 heavy (non-hydrogen) atoms. The van der Waals surface area contributed by atoms with Crippen molar-refractivity contribution in [3.63, 3.8) is 0 Å². The molecule has 0 fully saturated rings. The highest BCUT2D eigenvalue weighted by atomic mass is 16.1. The molecule has 0 bridgehead atoms. The lowest BCUT2D eigenvalue weighted by Crippen LogP contribution is -2.04. The highest BCUT2D eigenvalue weighted by Gasteiger charge is 2.08. The molecule has 0 aliphatic rings. The van der Waals surface area contributed by atoms with Crippen LogP contribution in [0.4, 0.5) is 5.69 Å². The molecular weight excluding hydrogens is 282 g/mol. The molecule has 0 radical (unpaired) electrons. The number of aryl methyl sites for hydroxylation is 1. The fourth-order valence-electron chi connectivity index (χ4n) is 2.55. The van der Waals surface area contributed by atoms with Crippen LogP contribution in [0.3, 0.4) is 0 Å². The maximum atomic E-state index is 12.5. The minimum atomic E-state index is 0.0461. The first-order valence-electron chi connectivity index (χ1n) is 7.71. The summed E-state index contributed by atoms with van der Waals surface area (Å²) in [7, 11) is 0. The summed E-state index contributed by atoms with van der Waals surface area (Å²) in [6.07, 6.45) is 0. The Morgan fingerprint density at radius 1 is 0.826 bits per heavy atom. The Hall–Kier alpha value is -2.87. The Morgan fingerprint density at radius 3 is 2.35 bits per heavy atom. The first-order valence-corrected chi connectivity index (χ1v) is 7.71. The maximum absolute atomic E-state index is 12.5. The summed E-state index contributed by atoms with van der Waals surface area (Å²) < 4.78 is 0. The molecule has 0 aromatic heterocycles. The SMILES string of the molecule is Cc1cccc(CNc2cccc(C(=O)c3ccccc3)c2)c1. The molecule has 3 rings (SSSR count). The number of carbonyl (C=O) groups is 1. The molecule has 0 amide bonds. The summed E-state index contributed by atoms with van der Waals surface area (Å²) in [6.45, 7) is 2.83. The maximum Gasteiger partial charge on any atom is 0.193 e. The predicted molar refractivity (Wildman–Crippen MR) is 94.8 cm³/mol. The molecule has 114 valence electrons.